The number of nitrogen functional groups attached to an aromatic ring is 2. The van der Waals surface area contributed by atoms with Crippen LogP contribution < -0.4 is 22.3 Å². The lowest BCUT2D eigenvalue weighted by Gasteiger charge is -2.15. The maximum atomic E-state index is 12.7. The largest absolute Gasteiger partial charge is 0.398 e. The molecule has 5 aromatic carbocycles. The minimum absolute atomic E-state index is 0.434. The van der Waals surface area contributed by atoms with Crippen LogP contribution in [0.15, 0.2) is 58.1 Å². The van der Waals surface area contributed by atoms with Crippen LogP contribution in [0.25, 0.3) is 43.1 Å². The van der Waals surface area contributed by atoms with E-state index in [1.54, 1.807) is 6.07 Å². The van der Waals surface area contributed by atoms with E-state index >= 15 is 0 Å². The zero-order chi connectivity index (χ0) is 16.6. The molecule has 4 heteroatoms. The second-order valence-electron chi connectivity index (χ2n) is 6.13. The first kappa shape index (κ1) is 13.1. The van der Waals surface area contributed by atoms with Gasteiger partial charge in [0.1, 0.15) is 0 Å². The van der Waals surface area contributed by atoms with Crippen LogP contribution in [0.4, 0.5) is 11.4 Å². The molecule has 0 radical (unpaired) electrons. The number of hydrogen-bond donors (Lipinski definition) is 2. The predicted molar refractivity (Wildman–Crippen MR) is 100 cm³/mol. The summed E-state index contributed by atoms with van der Waals surface area (Å²) in [7, 11) is 0. The molecule has 0 atom stereocenters. The second kappa shape index (κ2) is 4.11. The van der Waals surface area contributed by atoms with Crippen molar-refractivity contribution < 1.29 is 0 Å². The normalized spacial score (nSPS) is 12.0. The van der Waals surface area contributed by atoms with Crippen molar-refractivity contribution in [2.45, 2.75) is 0 Å². The van der Waals surface area contributed by atoms with Gasteiger partial charge in [0.15, 0.2) is 0 Å². The summed E-state index contributed by atoms with van der Waals surface area (Å²) in [6.07, 6.45) is 0. The lowest BCUT2D eigenvalue weighted by Crippen LogP contribution is -2.23. The third-order valence-electron chi connectivity index (χ3n) is 4.89. The highest BCUT2D eigenvalue weighted by Crippen LogP contribution is 2.41. The standard InChI is InChI=1S/C20H12N2O2/c21-14-6-4-9-10-5-7-15(22)13-8-16(23)20(24)19(18(10)13)12-3-1-2-11(14)17(9)12/h1-8H,21-22H2. The van der Waals surface area contributed by atoms with Crippen LogP contribution in [0.3, 0.4) is 0 Å². The van der Waals surface area contributed by atoms with Crippen molar-refractivity contribution >= 4 is 54.5 Å². The monoisotopic (exact) mass is 312 g/mol. The van der Waals surface area contributed by atoms with Gasteiger partial charge in [-0.25, -0.2) is 0 Å². The molecule has 0 amide bonds. The van der Waals surface area contributed by atoms with Crippen LogP contribution in [-0.2, 0) is 0 Å². The molecule has 0 saturated carbocycles. The van der Waals surface area contributed by atoms with Crippen LogP contribution in [0.1, 0.15) is 0 Å². The SMILES string of the molecule is Nc1ccc2c3ccc(N)c4cc(=O)c(=O)c(c5cccc1c25)c43. The van der Waals surface area contributed by atoms with Crippen molar-refractivity contribution in [2.75, 3.05) is 11.5 Å². The van der Waals surface area contributed by atoms with Gasteiger partial charge in [0.25, 0.3) is 0 Å². The predicted octanol–water partition coefficient (Wildman–Crippen LogP) is 3.06. The van der Waals surface area contributed by atoms with Crippen LogP contribution >= 0.6 is 0 Å². The molecule has 0 unspecified atom stereocenters. The molecule has 0 heterocycles. The van der Waals surface area contributed by atoms with Gasteiger partial charge in [-0.05, 0) is 39.7 Å². The Balaban J connectivity index is 2.35. The Bertz CT molecular complexity index is 1410. The van der Waals surface area contributed by atoms with E-state index in [0.29, 0.717) is 22.1 Å². The number of hydrogen-bond acceptors (Lipinski definition) is 4. The van der Waals surface area contributed by atoms with Gasteiger partial charge in [-0.3, -0.25) is 9.59 Å². The van der Waals surface area contributed by atoms with E-state index in [0.717, 1.165) is 32.3 Å². The van der Waals surface area contributed by atoms with Crippen molar-refractivity contribution in [1.29, 1.82) is 0 Å². The van der Waals surface area contributed by atoms with Gasteiger partial charge in [0.2, 0.25) is 10.9 Å². The van der Waals surface area contributed by atoms with Crippen LogP contribution in [-0.4, -0.2) is 0 Å². The molecule has 0 bridgehead atoms. The maximum Gasteiger partial charge on any atom is 0.234 e. The van der Waals surface area contributed by atoms with Crippen molar-refractivity contribution in [3.05, 3.63) is 69.0 Å². The van der Waals surface area contributed by atoms with E-state index in [2.05, 4.69) is 0 Å². The Morgan fingerprint density at radius 3 is 1.96 bits per heavy atom. The fraction of sp³-hybridized carbons (Fsp3) is 0. The molecule has 0 fully saturated rings. The molecule has 24 heavy (non-hydrogen) atoms. The van der Waals surface area contributed by atoms with Crippen LogP contribution in [0.5, 0.6) is 0 Å². The molecule has 0 aromatic heterocycles. The van der Waals surface area contributed by atoms with E-state index in [4.69, 9.17) is 11.5 Å². The van der Waals surface area contributed by atoms with E-state index in [1.807, 2.05) is 36.4 Å². The summed E-state index contributed by atoms with van der Waals surface area (Å²) < 4.78 is 0. The number of nitrogens with two attached hydrogens (primary N) is 2. The number of anilines is 2. The molecule has 0 spiro atoms. The quantitative estimate of drug-likeness (QED) is 0.199. The van der Waals surface area contributed by atoms with Gasteiger partial charge in [-0.2, -0.15) is 0 Å². The molecule has 0 aliphatic carbocycles. The minimum atomic E-state index is -0.536. The van der Waals surface area contributed by atoms with Gasteiger partial charge in [0.05, 0.1) is 0 Å². The topological polar surface area (TPSA) is 86.2 Å². The summed E-state index contributed by atoms with van der Waals surface area (Å²) in [5.41, 5.74) is 12.3. The van der Waals surface area contributed by atoms with Gasteiger partial charge in [0, 0.05) is 32.9 Å². The Hall–Kier alpha value is -3.40. The first-order chi connectivity index (χ1) is 11.6. The van der Waals surface area contributed by atoms with Crippen molar-refractivity contribution in [3.8, 4) is 0 Å². The summed E-state index contributed by atoms with van der Waals surface area (Å²) >= 11 is 0. The molecule has 5 rings (SSSR count). The fourth-order valence-corrected chi connectivity index (χ4v) is 3.84. The molecule has 4 N–H and O–H groups in total. The first-order valence-corrected chi connectivity index (χ1v) is 7.63. The Labute approximate surface area is 135 Å². The zero-order valence-corrected chi connectivity index (χ0v) is 12.6. The van der Waals surface area contributed by atoms with Gasteiger partial charge in [-0.1, -0.05) is 30.3 Å². The summed E-state index contributed by atoms with van der Waals surface area (Å²) in [4.78, 5) is 24.9. The summed E-state index contributed by atoms with van der Waals surface area (Å²) in [5, 5.41) is 6.29. The first-order valence-electron chi connectivity index (χ1n) is 7.63. The molecule has 0 saturated heterocycles. The highest BCUT2D eigenvalue weighted by molar-refractivity contribution is 6.34. The van der Waals surface area contributed by atoms with E-state index in [9.17, 15) is 9.59 Å². The van der Waals surface area contributed by atoms with Gasteiger partial charge >= 0.3 is 0 Å². The summed E-state index contributed by atoms with van der Waals surface area (Å²) in [5.74, 6) is 0. The average Bonchev–Trinajstić information content (AvgIpc) is 2.58. The second-order valence-corrected chi connectivity index (χ2v) is 6.13. The lowest BCUT2D eigenvalue weighted by molar-refractivity contribution is 1.57. The molecular formula is C20H12N2O2. The average molecular weight is 312 g/mol. The van der Waals surface area contributed by atoms with E-state index in [-0.39, 0.29) is 0 Å². The van der Waals surface area contributed by atoms with Crippen molar-refractivity contribution in [3.63, 3.8) is 0 Å². The Kier molecular flexibility index (Phi) is 2.24. The molecular weight excluding hydrogens is 300 g/mol. The van der Waals surface area contributed by atoms with Crippen molar-refractivity contribution in [1.82, 2.24) is 0 Å². The fourth-order valence-electron chi connectivity index (χ4n) is 3.84. The molecule has 0 aliphatic rings. The van der Waals surface area contributed by atoms with Crippen LogP contribution in [0.2, 0.25) is 0 Å². The Morgan fingerprint density at radius 1 is 0.583 bits per heavy atom. The lowest BCUT2D eigenvalue weighted by atomic mass is 9.88. The zero-order valence-electron chi connectivity index (χ0n) is 12.6. The van der Waals surface area contributed by atoms with Gasteiger partial charge in [-0.15, -0.1) is 0 Å². The molecule has 4 nitrogen and oxygen atoms in total. The number of fused-ring (bicyclic) bond motifs is 2. The van der Waals surface area contributed by atoms with E-state index in [1.165, 1.54) is 6.07 Å². The maximum absolute atomic E-state index is 12.7. The number of rotatable bonds is 0. The Morgan fingerprint density at radius 2 is 1.21 bits per heavy atom. The van der Waals surface area contributed by atoms with Gasteiger partial charge < -0.3 is 11.5 Å². The highest BCUT2D eigenvalue weighted by Gasteiger charge is 2.18. The minimum Gasteiger partial charge on any atom is -0.398 e. The van der Waals surface area contributed by atoms with Crippen LogP contribution in [0, 0.1) is 0 Å². The third-order valence-corrected chi connectivity index (χ3v) is 4.89. The summed E-state index contributed by atoms with van der Waals surface area (Å²) in [6, 6.07) is 14.5. The molecule has 5 aromatic rings. The van der Waals surface area contributed by atoms with Crippen molar-refractivity contribution in [2.24, 2.45) is 0 Å². The number of benzene rings is 5. The third kappa shape index (κ3) is 1.38. The molecule has 114 valence electrons. The molecule has 0 aliphatic heterocycles. The highest BCUT2D eigenvalue weighted by atomic mass is 16.2. The smallest absolute Gasteiger partial charge is 0.234 e. The van der Waals surface area contributed by atoms with E-state index < -0.39 is 10.9 Å². The summed E-state index contributed by atoms with van der Waals surface area (Å²) in [6.45, 7) is 0.